The monoisotopic (exact) mass is 361 g/mol. The second-order valence-electron chi connectivity index (χ2n) is 4.59. The minimum atomic E-state index is 0. The largest absolute Gasteiger partial charge is 0.354 e. The number of hydrogen-bond donors (Lipinski definition) is 2. The quantitative estimate of drug-likeness (QED) is 0.491. The molecule has 0 heterocycles. The Bertz CT molecular complexity index is 349. The molecule has 0 saturated carbocycles. The van der Waals surface area contributed by atoms with Crippen molar-refractivity contribution in [3.63, 3.8) is 0 Å². The lowest BCUT2D eigenvalue weighted by Crippen LogP contribution is -2.43. The van der Waals surface area contributed by atoms with Crippen molar-refractivity contribution < 1.29 is 0 Å². The highest BCUT2D eigenvalue weighted by molar-refractivity contribution is 14.0. The molecule has 0 aromatic heterocycles. The fourth-order valence-electron chi connectivity index (χ4n) is 1.36. The van der Waals surface area contributed by atoms with E-state index in [0.29, 0.717) is 12.0 Å². The van der Waals surface area contributed by atoms with Crippen molar-refractivity contribution in [3.05, 3.63) is 35.9 Å². The van der Waals surface area contributed by atoms with E-state index in [9.17, 15) is 0 Å². The van der Waals surface area contributed by atoms with Crippen LogP contribution >= 0.6 is 24.0 Å². The van der Waals surface area contributed by atoms with E-state index >= 15 is 0 Å². The molecule has 18 heavy (non-hydrogen) atoms. The van der Waals surface area contributed by atoms with E-state index in [1.54, 1.807) is 7.05 Å². The van der Waals surface area contributed by atoms with Crippen LogP contribution in [0.5, 0.6) is 0 Å². The molecule has 1 atom stereocenters. The fourth-order valence-corrected chi connectivity index (χ4v) is 1.36. The molecule has 0 bridgehead atoms. The molecule has 1 rings (SSSR count). The molecule has 0 aliphatic heterocycles. The summed E-state index contributed by atoms with van der Waals surface area (Å²) in [6, 6.07) is 10.7. The van der Waals surface area contributed by atoms with E-state index in [0.717, 1.165) is 12.5 Å². The normalized spacial score (nSPS) is 12.8. The summed E-state index contributed by atoms with van der Waals surface area (Å²) in [5.74, 6) is 1.44. The first-order chi connectivity index (χ1) is 8.13. The van der Waals surface area contributed by atoms with Crippen molar-refractivity contribution in [2.75, 3.05) is 7.05 Å². The van der Waals surface area contributed by atoms with Crippen LogP contribution in [-0.4, -0.2) is 19.0 Å². The van der Waals surface area contributed by atoms with Crippen LogP contribution in [0.4, 0.5) is 0 Å². The predicted molar refractivity (Wildman–Crippen MR) is 89.5 cm³/mol. The van der Waals surface area contributed by atoms with E-state index in [4.69, 9.17) is 0 Å². The second-order valence-corrected chi connectivity index (χ2v) is 4.59. The van der Waals surface area contributed by atoms with Gasteiger partial charge in [0.25, 0.3) is 0 Å². The van der Waals surface area contributed by atoms with Gasteiger partial charge >= 0.3 is 0 Å². The molecule has 0 aliphatic rings. The van der Waals surface area contributed by atoms with Gasteiger partial charge in [-0.05, 0) is 18.4 Å². The Balaban J connectivity index is 0.00000289. The maximum atomic E-state index is 4.22. The Morgan fingerprint density at radius 1 is 1.17 bits per heavy atom. The minimum absolute atomic E-state index is 0. The number of aliphatic imine (C=N–C) groups is 1. The van der Waals surface area contributed by atoms with Gasteiger partial charge in [-0.2, -0.15) is 0 Å². The Morgan fingerprint density at radius 2 is 1.78 bits per heavy atom. The first-order valence-electron chi connectivity index (χ1n) is 6.14. The number of benzene rings is 1. The molecule has 0 aliphatic carbocycles. The van der Waals surface area contributed by atoms with Crippen molar-refractivity contribution in [3.8, 4) is 0 Å². The highest BCUT2D eigenvalue weighted by atomic mass is 127. The smallest absolute Gasteiger partial charge is 0.191 e. The summed E-state index contributed by atoms with van der Waals surface area (Å²) in [7, 11) is 1.80. The van der Waals surface area contributed by atoms with Gasteiger partial charge in [-0.1, -0.05) is 44.2 Å². The van der Waals surface area contributed by atoms with Gasteiger partial charge in [0.15, 0.2) is 5.96 Å². The van der Waals surface area contributed by atoms with Crippen molar-refractivity contribution >= 4 is 29.9 Å². The Hall–Kier alpha value is -0.780. The molecule has 0 radical (unpaired) electrons. The highest BCUT2D eigenvalue weighted by Gasteiger charge is 2.08. The fraction of sp³-hybridized carbons (Fsp3) is 0.500. The van der Waals surface area contributed by atoms with Gasteiger partial charge in [0.2, 0.25) is 0 Å². The van der Waals surface area contributed by atoms with E-state index < -0.39 is 0 Å². The molecular formula is C14H24IN3. The topological polar surface area (TPSA) is 36.4 Å². The Kier molecular flexibility index (Phi) is 8.79. The van der Waals surface area contributed by atoms with Crippen LogP contribution in [-0.2, 0) is 6.54 Å². The van der Waals surface area contributed by atoms with Crippen LogP contribution in [0.1, 0.15) is 26.3 Å². The number of hydrogen-bond acceptors (Lipinski definition) is 1. The van der Waals surface area contributed by atoms with Gasteiger partial charge in [0, 0.05) is 19.6 Å². The molecule has 1 unspecified atom stereocenters. The lowest BCUT2D eigenvalue weighted by atomic mass is 10.1. The summed E-state index contributed by atoms with van der Waals surface area (Å²) in [6.07, 6.45) is 0. The van der Waals surface area contributed by atoms with Gasteiger partial charge in [0.1, 0.15) is 0 Å². The first-order valence-corrected chi connectivity index (χ1v) is 6.14. The van der Waals surface area contributed by atoms with Gasteiger partial charge in [-0.3, -0.25) is 4.99 Å². The number of guanidine groups is 1. The van der Waals surface area contributed by atoms with Crippen LogP contribution in [0, 0.1) is 5.92 Å². The highest BCUT2D eigenvalue weighted by Crippen LogP contribution is 2.00. The van der Waals surface area contributed by atoms with Gasteiger partial charge in [-0.25, -0.2) is 0 Å². The SMILES string of the molecule is CN=C(NCc1ccccc1)NC(C)C(C)C.I. The Morgan fingerprint density at radius 3 is 2.28 bits per heavy atom. The third-order valence-electron chi connectivity index (χ3n) is 2.89. The van der Waals surface area contributed by atoms with Gasteiger partial charge in [0.05, 0.1) is 0 Å². The first kappa shape index (κ1) is 17.2. The summed E-state index contributed by atoms with van der Waals surface area (Å²) in [5, 5.41) is 6.69. The number of rotatable bonds is 4. The maximum absolute atomic E-state index is 4.22. The number of nitrogens with one attached hydrogen (secondary N) is 2. The number of halogens is 1. The molecule has 2 N–H and O–H groups in total. The minimum Gasteiger partial charge on any atom is -0.354 e. The molecule has 0 fully saturated rings. The molecule has 3 nitrogen and oxygen atoms in total. The molecular weight excluding hydrogens is 337 g/mol. The average molecular weight is 361 g/mol. The van der Waals surface area contributed by atoms with Crippen LogP contribution < -0.4 is 10.6 Å². The standard InChI is InChI=1S/C14H23N3.HI/c1-11(2)12(3)17-14(15-4)16-10-13-8-6-5-7-9-13;/h5-9,11-12H,10H2,1-4H3,(H2,15,16,17);1H. The summed E-state index contributed by atoms with van der Waals surface area (Å²) in [6.45, 7) is 7.36. The maximum Gasteiger partial charge on any atom is 0.191 e. The van der Waals surface area contributed by atoms with Crippen molar-refractivity contribution in [1.82, 2.24) is 10.6 Å². The molecule has 102 valence electrons. The summed E-state index contributed by atoms with van der Waals surface area (Å²) in [5.41, 5.74) is 1.26. The Labute approximate surface area is 127 Å². The summed E-state index contributed by atoms with van der Waals surface area (Å²) in [4.78, 5) is 4.22. The van der Waals surface area contributed by atoms with Crippen LogP contribution in [0.15, 0.2) is 35.3 Å². The van der Waals surface area contributed by atoms with Crippen LogP contribution in [0.3, 0.4) is 0 Å². The zero-order chi connectivity index (χ0) is 12.7. The lowest BCUT2D eigenvalue weighted by molar-refractivity contribution is 0.481. The van der Waals surface area contributed by atoms with Crippen molar-refractivity contribution in [1.29, 1.82) is 0 Å². The summed E-state index contributed by atoms with van der Waals surface area (Å²) < 4.78 is 0. The molecule has 1 aromatic carbocycles. The van der Waals surface area contributed by atoms with Gasteiger partial charge in [-0.15, -0.1) is 24.0 Å². The van der Waals surface area contributed by atoms with Crippen molar-refractivity contribution in [2.24, 2.45) is 10.9 Å². The average Bonchev–Trinajstić information content (AvgIpc) is 2.35. The van der Waals surface area contributed by atoms with E-state index in [-0.39, 0.29) is 24.0 Å². The molecule has 4 heteroatoms. The third-order valence-corrected chi connectivity index (χ3v) is 2.89. The molecule has 0 saturated heterocycles. The van der Waals surface area contributed by atoms with Crippen LogP contribution in [0.25, 0.3) is 0 Å². The second kappa shape index (κ2) is 9.19. The summed E-state index contributed by atoms with van der Waals surface area (Å²) >= 11 is 0. The third kappa shape index (κ3) is 6.23. The van der Waals surface area contributed by atoms with Gasteiger partial charge < -0.3 is 10.6 Å². The van der Waals surface area contributed by atoms with E-state index in [1.165, 1.54) is 5.56 Å². The molecule has 0 spiro atoms. The van der Waals surface area contributed by atoms with E-state index in [2.05, 4.69) is 48.5 Å². The molecule has 0 amide bonds. The molecule has 1 aromatic rings. The number of nitrogens with zero attached hydrogens (tertiary/aromatic N) is 1. The predicted octanol–water partition coefficient (Wildman–Crippen LogP) is 3.01. The zero-order valence-corrected chi connectivity index (χ0v) is 13.9. The zero-order valence-electron chi connectivity index (χ0n) is 11.6. The van der Waals surface area contributed by atoms with Crippen LogP contribution in [0.2, 0.25) is 0 Å². The van der Waals surface area contributed by atoms with Crippen molar-refractivity contribution in [2.45, 2.75) is 33.4 Å². The lowest BCUT2D eigenvalue weighted by Gasteiger charge is -2.20. The van der Waals surface area contributed by atoms with E-state index in [1.807, 2.05) is 18.2 Å².